The van der Waals surface area contributed by atoms with E-state index >= 15 is 0 Å². The molecule has 12 atom stereocenters. The van der Waals surface area contributed by atoms with Crippen molar-refractivity contribution < 1.29 is 82.5 Å². The number of hydrogen-bond acceptors (Lipinski definition) is 21. The summed E-state index contributed by atoms with van der Waals surface area (Å²) in [5.41, 5.74) is -2.98. The summed E-state index contributed by atoms with van der Waals surface area (Å²) in [6.07, 6.45) is -10.8. The molecule has 27 nitrogen and oxygen atoms in total. The van der Waals surface area contributed by atoms with Crippen LogP contribution in [0.4, 0.5) is 30.6 Å². The zero-order chi connectivity index (χ0) is 58.0. The van der Waals surface area contributed by atoms with Gasteiger partial charge in [-0.3, -0.25) is 14.9 Å². The van der Waals surface area contributed by atoms with Crippen molar-refractivity contribution in [3.63, 3.8) is 0 Å². The van der Waals surface area contributed by atoms with Crippen molar-refractivity contribution >= 4 is 41.7 Å². The molecule has 436 valence electrons. The van der Waals surface area contributed by atoms with Crippen LogP contribution in [-0.2, 0) is 51.2 Å². The van der Waals surface area contributed by atoms with Gasteiger partial charge in [0, 0.05) is 31.1 Å². The van der Waals surface area contributed by atoms with E-state index in [0.29, 0.717) is 29.3 Å². The van der Waals surface area contributed by atoms with Gasteiger partial charge >= 0.3 is 24.4 Å². The Bertz CT molecular complexity index is 2480. The minimum atomic E-state index is -1.95. The monoisotopic (exact) mass is 1110 g/mol. The number of carbonyl (C=O) groups excluding carboxylic acids is 5. The molecule has 2 saturated carbocycles. The maximum atomic E-state index is 14.0. The molecule has 3 fully saturated rings. The van der Waals surface area contributed by atoms with Gasteiger partial charge in [0.1, 0.15) is 65.9 Å². The molecule has 0 spiro atoms. The molecular weight excluding hydrogens is 1040 g/mol. The Labute approximate surface area is 456 Å². The van der Waals surface area contributed by atoms with Crippen LogP contribution in [0.2, 0.25) is 0 Å². The summed E-state index contributed by atoms with van der Waals surface area (Å²) in [6, 6.07) is 5.99. The molecule has 2 aliphatic heterocycles. The van der Waals surface area contributed by atoms with Crippen molar-refractivity contribution in [2.75, 3.05) is 33.3 Å². The summed E-state index contributed by atoms with van der Waals surface area (Å²) in [6.45, 7) is 10.1. The van der Waals surface area contributed by atoms with Gasteiger partial charge in [-0.2, -0.15) is 0 Å². The van der Waals surface area contributed by atoms with Crippen LogP contribution in [0.15, 0.2) is 65.5 Å². The zero-order valence-electron chi connectivity index (χ0n) is 45.4. The van der Waals surface area contributed by atoms with E-state index in [4.69, 9.17) is 33.2 Å². The van der Waals surface area contributed by atoms with E-state index in [0.717, 1.165) is 17.7 Å². The van der Waals surface area contributed by atoms with Gasteiger partial charge in [0.05, 0.1) is 48.8 Å². The summed E-state index contributed by atoms with van der Waals surface area (Å²) < 4.78 is 41.1. The fourth-order valence-electron chi connectivity index (χ4n) is 9.41. The molecule has 1 saturated heterocycles. The number of carbonyl (C=O) groups is 5. The molecule has 27 heteroatoms. The lowest BCUT2D eigenvalue weighted by Gasteiger charge is -2.52. The van der Waals surface area contributed by atoms with Gasteiger partial charge in [-0.25, -0.2) is 19.2 Å². The summed E-state index contributed by atoms with van der Waals surface area (Å²) >= 11 is 0. The maximum Gasteiger partial charge on any atom is 0.410 e. The second-order valence-electron chi connectivity index (χ2n) is 22.4. The molecule has 1 unspecified atom stereocenters. The smallest absolute Gasteiger partial charge is 0.410 e. The van der Waals surface area contributed by atoms with E-state index in [1.54, 1.807) is 59.8 Å². The first-order valence-electron chi connectivity index (χ1n) is 26.0. The molecule has 0 radical (unpaired) electrons. The molecule has 79 heavy (non-hydrogen) atoms. The van der Waals surface area contributed by atoms with E-state index < -0.39 is 132 Å². The van der Waals surface area contributed by atoms with Gasteiger partial charge in [-0.1, -0.05) is 12.1 Å². The Morgan fingerprint density at radius 3 is 2.03 bits per heavy atom. The predicted octanol–water partition coefficient (Wildman–Crippen LogP) is 3.40. The number of nitrogens with one attached hydrogen (secondary N) is 5. The number of nitroso groups, excluding NO2 is 1. The lowest BCUT2D eigenvalue weighted by atomic mass is 9.72. The van der Waals surface area contributed by atoms with Crippen LogP contribution < -0.4 is 26.6 Å². The highest BCUT2D eigenvalue weighted by Crippen LogP contribution is 2.39. The van der Waals surface area contributed by atoms with Crippen LogP contribution in [0, 0.1) is 26.9 Å². The van der Waals surface area contributed by atoms with Crippen molar-refractivity contribution in [2.45, 2.75) is 165 Å². The largest absolute Gasteiger partial charge is 0.491 e. The van der Waals surface area contributed by atoms with Gasteiger partial charge in [-0.15, -0.1) is 4.91 Å². The molecule has 0 aromatic heterocycles. The number of nitro groups is 1. The predicted molar refractivity (Wildman–Crippen MR) is 278 cm³/mol. The Hall–Kier alpha value is -6.75. The number of hydrogen-bond donors (Lipinski definition) is 9. The SMILES string of the molecule is CN(C(=O)OC(C)(C)C)[C@@H]1[C@@H](O)[C@@H](O[C@H]2[C@H](NC(=O)[C@H](O)CNC(=O)OC(C)(C)C)C[C@H](NC(=O)OCc3ccc([N+](=O)[O-])cc3)C([C@H]3OC(CNCC4CC4)=CC[C@H]3NC(=O)OCc3ccc(N=O)cc3)[C@@H]2O)OC[C@]1(C)O. The van der Waals surface area contributed by atoms with E-state index in [9.17, 15) is 59.4 Å². The molecule has 5 amide bonds. The van der Waals surface area contributed by atoms with Crippen LogP contribution in [0.1, 0.15) is 85.3 Å². The lowest BCUT2D eigenvalue weighted by Crippen LogP contribution is -2.71. The van der Waals surface area contributed by atoms with Gasteiger partial charge in [0.25, 0.3) is 11.6 Å². The molecule has 4 aliphatic rings. The molecule has 2 aliphatic carbocycles. The highest BCUT2D eigenvalue weighted by Gasteiger charge is 2.56. The minimum Gasteiger partial charge on any atom is -0.491 e. The molecule has 2 aromatic carbocycles. The molecule has 9 N–H and O–H groups in total. The van der Waals surface area contributed by atoms with Crippen molar-refractivity contribution in [2.24, 2.45) is 17.0 Å². The second-order valence-corrected chi connectivity index (χ2v) is 22.4. The Kier molecular flexibility index (Phi) is 20.6. The highest BCUT2D eigenvalue weighted by molar-refractivity contribution is 5.82. The van der Waals surface area contributed by atoms with E-state index in [1.807, 2.05) is 0 Å². The average Bonchev–Trinajstić information content (AvgIpc) is 4.36. The fraction of sp³-hybridized carbons (Fsp3) is 0.635. The van der Waals surface area contributed by atoms with Crippen LogP contribution in [-0.4, -0.2) is 172 Å². The van der Waals surface area contributed by atoms with Crippen molar-refractivity contribution in [3.8, 4) is 0 Å². The normalized spacial score (nSPS) is 27.3. The quantitative estimate of drug-likeness (QED) is 0.0397. The van der Waals surface area contributed by atoms with Gasteiger partial charge in [0.15, 0.2) is 6.29 Å². The van der Waals surface area contributed by atoms with E-state index in [1.165, 1.54) is 50.4 Å². The third-order valence-electron chi connectivity index (χ3n) is 13.4. The van der Waals surface area contributed by atoms with Gasteiger partial charge in [-0.05, 0) is 133 Å². The van der Waals surface area contributed by atoms with Gasteiger partial charge in [0.2, 0.25) is 0 Å². The third kappa shape index (κ3) is 17.9. The van der Waals surface area contributed by atoms with E-state index in [2.05, 4.69) is 31.8 Å². The summed E-state index contributed by atoms with van der Waals surface area (Å²) in [5, 5.41) is 75.9. The second kappa shape index (κ2) is 26.5. The van der Waals surface area contributed by atoms with Crippen molar-refractivity contribution in [1.82, 2.24) is 31.5 Å². The first kappa shape index (κ1) is 61.5. The summed E-state index contributed by atoms with van der Waals surface area (Å²) in [5.74, 6) is -1.58. The number of aliphatic hydroxyl groups is 4. The third-order valence-corrected chi connectivity index (χ3v) is 13.4. The van der Waals surface area contributed by atoms with Crippen molar-refractivity contribution in [1.29, 1.82) is 0 Å². The number of non-ortho nitro benzene ring substituents is 1. The standard InChI is InChI=1S/C52H74N8O19/c1-50(2,3)78-46(65)54-24-37(61)44(64)55-36-21-35(57-48(67)74-26-30-13-17-32(18-14-30)60(71)72)38(39(62)42(36)77-45-40(63)43(52(7,69)27-75-45)59(8)49(68)79-51(4,5)6)41-34(20-19-33(76-41)23-53-22-28-9-10-28)56-47(66)73-25-29-11-15-31(58-70)16-12-29/h11-19,28,34-43,45,53,61-63,69H,9-10,20-27H2,1-8H3,(H,54,65)(H,55,64)(H,56,66)(H,57,67)/t34-,35+,36-,37-,38?,39+,40-,41+,42+,43-,45-,52+/m1/s1. The van der Waals surface area contributed by atoms with Crippen LogP contribution >= 0.6 is 0 Å². The number of alkyl carbamates (subject to hydrolysis) is 3. The number of likely N-dealkylation sites (N-methyl/N-ethyl adjacent to an activating group) is 1. The summed E-state index contributed by atoms with van der Waals surface area (Å²) in [7, 11) is 1.29. The first-order chi connectivity index (χ1) is 37.1. The van der Waals surface area contributed by atoms with Crippen molar-refractivity contribution in [3.05, 3.63) is 86.5 Å². The highest BCUT2D eigenvalue weighted by atomic mass is 16.7. The van der Waals surface area contributed by atoms with Gasteiger partial charge < -0.3 is 85.1 Å². The Morgan fingerprint density at radius 1 is 0.861 bits per heavy atom. The number of nitrogens with zero attached hydrogens (tertiary/aromatic N) is 3. The Balaban J connectivity index is 1.37. The molecule has 0 bridgehead atoms. The number of rotatable bonds is 20. The number of benzene rings is 2. The van der Waals surface area contributed by atoms with Crippen LogP contribution in [0.3, 0.4) is 0 Å². The number of aliphatic hydroxyl groups excluding tert-OH is 3. The molecule has 2 aromatic rings. The zero-order valence-corrected chi connectivity index (χ0v) is 45.4. The van der Waals surface area contributed by atoms with Crippen LogP contribution in [0.25, 0.3) is 0 Å². The molecular formula is C52H74N8O19. The summed E-state index contributed by atoms with van der Waals surface area (Å²) in [4.78, 5) is 90.4. The number of nitro benzene ring substituents is 1. The lowest BCUT2D eigenvalue weighted by molar-refractivity contribution is -0.384. The fourth-order valence-corrected chi connectivity index (χ4v) is 9.41. The average molecular weight is 1120 g/mol. The number of ether oxygens (including phenoxy) is 7. The maximum absolute atomic E-state index is 14.0. The molecule has 6 rings (SSSR count). The minimum absolute atomic E-state index is 0.0845. The molecule has 2 heterocycles. The number of amides is 5. The van der Waals surface area contributed by atoms with E-state index in [-0.39, 0.29) is 44.0 Å². The Morgan fingerprint density at radius 2 is 1.46 bits per heavy atom. The topological polar surface area (TPSA) is 367 Å². The first-order valence-corrected chi connectivity index (χ1v) is 26.0. The van der Waals surface area contributed by atoms with Crippen LogP contribution in [0.5, 0.6) is 0 Å².